The van der Waals surface area contributed by atoms with Crippen molar-refractivity contribution in [2.45, 2.75) is 51.7 Å². The molecule has 0 bridgehead atoms. The molecule has 0 aromatic carbocycles. The van der Waals surface area contributed by atoms with Gasteiger partial charge < -0.3 is 0 Å². The molecule has 0 heterocycles. The van der Waals surface area contributed by atoms with Gasteiger partial charge in [-0.25, -0.2) is 8.42 Å². The molecule has 0 saturated carbocycles. The summed E-state index contributed by atoms with van der Waals surface area (Å²) < 4.78 is 24.5. The molecule has 0 saturated heterocycles. The van der Waals surface area contributed by atoms with Gasteiger partial charge >= 0.3 is 0 Å². The summed E-state index contributed by atoms with van der Waals surface area (Å²) in [5.74, 6) is -0.396. The van der Waals surface area contributed by atoms with Crippen LogP contribution in [0.1, 0.15) is 46.5 Å². The van der Waals surface area contributed by atoms with Crippen LogP contribution in [-0.2, 0) is 14.8 Å². The van der Waals surface area contributed by atoms with Gasteiger partial charge in [-0.15, -0.1) is 0 Å². The Morgan fingerprint density at radius 3 is 2.29 bits per heavy atom. The first-order valence-corrected chi connectivity index (χ1v) is 6.49. The average molecular weight is 221 g/mol. The van der Waals surface area contributed by atoms with Gasteiger partial charge in [-0.3, -0.25) is 9.52 Å². The highest BCUT2D eigenvalue weighted by molar-refractivity contribution is 7.90. The van der Waals surface area contributed by atoms with E-state index in [-0.39, 0.29) is 0 Å². The lowest BCUT2D eigenvalue weighted by Gasteiger charge is -2.08. The number of carbonyl (C=O) groups is 1. The van der Waals surface area contributed by atoms with Gasteiger partial charge in [0, 0.05) is 6.42 Å². The van der Waals surface area contributed by atoms with E-state index in [1.807, 2.05) is 11.6 Å². The van der Waals surface area contributed by atoms with E-state index in [0.717, 1.165) is 19.3 Å². The average Bonchev–Trinajstić information content (AvgIpc) is 2.03. The van der Waals surface area contributed by atoms with Gasteiger partial charge in [-0.05, 0) is 20.3 Å². The Labute approximate surface area is 86.1 Å². The maximum Gasteiger partial charge on any atom is 0.237 e. The van der Waals surface area contributed by atoms with Gasteiger partial charge in [0.15, 0.2) is 0 Å². The number of carbonyl (C=O) groups excluding carboxylic acids is 1. The van der Waals surface area contributed by atoms with E-state index in [1.54, 1.807) is 13.8 Å². The molecule has 0 aliphatic rings. The predicted octanol–water partition coefficient (Wildman–Crippen LogP) is 1.42. The SMILES string of the molecule is CCCCCC(=O)NS(=O)(=O)C(C)C. The number of nitrogens with one attached hydrogen (secondary N) is 1. The van der Waals surface area contributed by atoms with E-state index in [9.17, 15) is 13.2 Å². The zero-order chi connectivity index (χ0) is 11.2. The maximum atomic E-state index is 11.2. The van der Waals surface area contributed by atoms with Crippen molar-refractivity contribution < 1.29 is 13.2 Å². The minimum atomic E-state index is -3.43. The molecule has 1 amide bonds. The highest BCUT2D eigenvalue weighted by Crippen LogP contribution is 2.01. The Bertz CT molecular complexity index is 270. The molecule has 0 aromatic rings. The second kappa shape index (κ2) is 6.01. The summed E-state index contributed by atoms with van der Waals surface area (Å²) in [6.45, 7) is 5.12. The fraction of sp³-hybridized carbons (Fsp3) is 0.889. The smallest absolute Gasteiger partial charge is 0.237 e. The summed E-state index contributed by atoms with van der Waals surface area (Å²) in [5, 5.41) is -0.558. The number of hydrogen-bond donors (Lipinski definition) is 1. The molecule has 1 N–H and O–H groups in total. The molecule has 0 aliphatic heterocycles. The summed E-state index contributed by atoms with van der Waals surface area (Å²) in [5.41, 5.74) is 0. The zero-order valence-corrected chi connectivity index (χ0v) is 9.86. The van der Waals surface area contributed by atoms with E-state index in [1.165, 1.54) is 0 Å². The summed E-state index contributed by atoms with van der Waals surface area (Å²) in [4.78, 5) is 11.1. The number of hydrogen-bond acceptors (Lipinski definition) is 3. The minimum Gasteiger partial charge on any atom is -0.274 e. The van der Waals surface area contributed by atoms with Crippen LogP contribution in [0.3, 0.4) is 0 Å². The van der Waals surface area contributed by atoms with Crippen LogP contribution in [-0.4, -0.2) is 19.6 Å². The molecular weight excluding hydrogens is 202 g/mol. The Balaban J connectivity index is 3.95. The van der Waals surface area contributed by atoms with Crippen molar-refractivity contribution in [3.05, 3.63) is 0 Å². The second-order valence-corrected chi connectivity index (χ2v) is 5.81. The van der Waals surface area contributed by atoms with Crippen LogP contribution < -0.4 is 4.72 Å². The summed E-state index contributed by atoms with van der Waals surface area (Å²) in [6.07, 6.45) is 3.01. The lowest BCUT2D eigenvalue weighted by molar-refractivity contribution is -0.119. The fourth-order valence-corrected chi connectivity index (χ4v) is 1.52. The van der Waals surface area contributed by atoms with Gasteiger partial charge in [0.1, 0.15) is 0 Å². The lowest BCUT2D eigenvalue weighted by Crippen LogP contribution is -2.35. The third-order valence-corrected chi connectivity index (χ3v) is 3.64. The highest BCUT2D eigenvalue weighted by Gasteiger charge is 2.17. The molecule has 0 aromatic heterocycles. The van der Waals surface area contributed by atoms with E-state index in [4.69, 9.17) is 0 Å². The molecule has 5 heteroatoms. The van der Waals surface area contributed by atoms with Crippen molar-refractivity contribution >= 4 is 15.9 Å². The minimum absolute atomic E-state index is 0.291. The molecule has 14 heavy (non-hydrogen) atoms. The molecule has 0 aliphatic carbocycles. The summed E-state index contributed by atoms with van der Waals surface area (Å²) in [7, 11) is -3.43. The Hall–Kier alpha value is -0.580. The van der Waals surface area contributed by atoms with Gasteiger partial charge in [-0.2, -0.15) is 0 Å². The van der Waals surface area contributed by atoms with Gasteiger partial charge in [0.2, 0.25) is 15.9 Å². The quantitative estimate of drug-likeness (QED) is 0.690. The molecule has 4 nitrogen and oxygen atoms in total. The van der Waals surface area contributed by atoms with Crippen LogP contribution in [0.25, 0.3) is 0 Å². The van der Waals surface area contributed by atoms with Crippen molar-refractivity contribution in [1.82, 2.24) is 4.72 Å². The van der Waals surface area contributed by atoms with Gasteiger partial charge in [-0.1, -0.05) is 19.8 Å². The first-order valence-electron chi connectivity index (χ1n) is 4.94. The second-order valence-electron chi connectivity index (χ2n) is 3.58. The first kappa shape index (κ1) is 13.4. The fourth-order valence-electron chi connectivity index (χ4n) is 0.863. The topological polar surface area (TPSA) is 63.2 Å². The maximum absolute atomic E-state index is 11.2. The third kappa shape index (κ3) is 5.21. The summed E-state index contributed by atoms with van der Waals surface area (Å²) >= 11 is 0. The van der Waals surface area contributed by atoms with Crippen molar-refractivity contribution in [2.75, 3.05) is 0 Å². The number of rotatable bonds is 6. The summed E-state index contributed by atoms with van der Waals surface area (Å²) in [6, 6.07) is 0. The Kier molecular flexibility index (Phi) is 5.76. The molecule has 0 unspecified atom stereocenters. The number of amides is 1. The molecule has 0 radical (unpaired) electrons. The third-order valence-electron chi connectivity index (χ3n) is 1.88. The molecular formula is C9H19NO3S. The van der Waals surface area contributed by atoms with Crippen LogP contribution in [0, 0.1) is 0 Å². The van der Waals surface area contributed by atoms with Crippen molar-refractivity contribution in [3.63, 3.8) is 0 Å². The van der Waals surface area contributed by atoms with Crippen molar-refractivity contribution in [1.29, 1.82) is 0 Å². The van der Waals surface area contributed by atoms with Gasteiger partial charge in [0.25, 0.3) is 0 Å². The monoisotopic (exact) mass is 221 g/mol. The molecule has 0 rings (SSSR count). The molecule has 84 valence electrons. The molecule has 0 fully saturated rings. The van der Waals surface area contributed by atoms with E-state index in [0.29, 0.717) is 6.42 Å². The zero-order valence-electron chi connectivity index (χ0n) is 9.04. The first-order chi connectivity index (χ1) is 6.40. The van der Waals surface area contributed by atoms with Crippen LogP contribution >= 0.6 is 0 Å². The Morgan fingerprint density at radius 2 is 1.86 bits per heavy atom. The normalized spacial score (nSPS) is 11.7. The standard InChI is InChI=1S/C9H19NO3S/c1-4-5-6-7-9(11)10-14(12,13)8(2)3/h8H,4-7H2,1-3H3,(H,10,11). The van der Waals surface area contributed by atoms with E-state index >= 15 is 0 Å². The van der Waals surface area contributed by atoms with Crippen LogP contribution in [0.4, 0.5) is 0 Å². The lowest BCUT2D eigenvalue weighted by atomic mass is 10.2. The van der Waals surface area contributed by atoms with Gasteiger partial charge in [0.05, 0.1) is 5.25 Å². The van der Waals surface area contributed by atoms with Crippen molar-refractivity contribution in [3.8, 4) is 0 Å². The highest BCUT2D eigenvalue weighted by atomic mass is 32.2. The Morgan fingerprint density at radius 1 is 1.29 bits per heavy atom. The number of sulfonamides is 1. The van der Waals surface area contributed by atoms with Crippen molar-refractivity contribution in [2.24, 2.45) is 0 Å². The largest absolute Gasteiger partial charge is 0.274 e. The number of unbranched alkanes of at least 4 members (excludes halogenated alkanes) is 2. The predicted molar refractivity (Wildman–Crippen MR) is 56.3 cm³/mol. The molecule has 0 spiro atoms. The van der Waals surface area contributed by atoms with Crippen LogP contribution in [0.15, 0.2) is 0 Å². The van der Waals surface area contributed by atoms with Crippen LogP contribution in [0.5, 0.6) is 0 Å². The molecule has 0 atom stereocenters. The van der Waals surface area contributed by atoms with E-state index in [2.05, 4.69) is 0 Å². The van der Waals surface area contributed by atoms with Crippen LogP contribution in [0.2, 0.25) is 0 Å². The van der Waals surface area contributed by atoms with E-state index < -0.39 is 21.2 Å².